The number of carbonyl (C=O) groups is 1. The van der Waals surface area contributed by atoms with Crippen molar-refractivity contribution in [3.8, 4) is 0 Å². The van der Waals surface area contributed by atoms with Crippen LogP contribution in [0, 0.1) is 5.92 Å². The number of carbonyl (C=O) groups excluding carboxylic acids is 1. The van der Waals surface area contributed by atoms with Crippen molar-refractivity contribution in [2.45, 2.75) is 19.4 Å². The average molecular weight is 153 g/mol. The van der Waals surface area contributed by atoms with E-state index in [1.54, 1.807) is 0 Å². The van der Waals surface area contributed by atoms with Crippen molar-refractivity contribution in [2.75, 3.05) is 6.54 Å². The number of hydrazone groups is 1. The van der Waals surface area contributed by atoms with Crippen molar-refractivity contribution in [1.82, 2.24) is 10.7 Å². The quantitative estimate of drug-likeness (QED) is 0.491. The molecule has 0 aromatic heterocycles. The maximum atomic E-state index is 11.1. The van der Waals surface area contributed by atoms with Crippen LogP contribution in [0.3, 0.4) is 0 Å². The van der Waals surface area contributed by atoms with E-state index in [1.807, 2.05) is 0 Å². The lowest BCUT2D eigenvalue weighted by atomic mass is 9.92. The van der Waals surface area contributed by atoms with Crippen LogP contribution in [0.4, 0.5) is 0 Å². The van der Waals surface area contributed by atoms with E-state index in [0.29, 0.717) is 6.04 Å². The second kappa shape index (κ2) is 2.30. The van der Waals surface area contributed by atoms with E-state index in [1.165, 1.54) is 0 Å². The highest BCUT2D eigenvalue weighted by Crippen LogP contribution is 2.17. The molecule has 1 saturated heterocycles. The molecule has 0 bridgehead atoms. The molecule has 2 unspecified atom stereocenters. The summed E-state index contributed by atoms with van der Waals surface area (Å²) < 4.78 is 0. The highest BCUT2D eigenvalue weighted by molar-refractivity contribution is 6.09. The standard InChI is InChI=1S/C7H11N3O/c1-4-2-5-6(3-8-4)9-10-7(5)11/h4-5,8H,2-3H2,1H3,(H,10,11). The van der Waals surface area contributed by atoms with E-state index in [-0.39, 0.29) is 11.8 Å². The van der Waals surface area contributed by atoms with E-state index in [4.69, 9.17) is 0 Å². The lowest BCUT2D eigenvalue weighted by molar-refractivity contribution is -0.122. The third-order valence-corrected chi connectivity index (χ3v) is 2.25. The van der Waals surface area contributed by atoms with Gasteiger partial charge in [0.1, 0.15) is 0 Å². The smallest absolute Gasteiger partial charge is 0.249 e. The minimum Gasteiger partial charge on any atom is -0.309 e. The minimum atomic E-state index is 0.0475. The molecule has 2 aliphatic heterocycles. The van der Waals surface area contributed by atoms with Crippen LogP contribution in [-0.2, 0) is 4.79 Å². The van der Waals surface area contributed by atoms with Crippen LogP contribution in [0.1, 0.15) is 13.3 Å². The summed E-state index contributed by atoms with van der Waals surface area (Å²) in [4.78, 5) is 11.1. The molecule has 11 heavy (non-hydrogen) atoms. The van der Waals surface area contributed by atoms with E-state index < -0.39 is 0 Å². The summed E-state index contributed by atoms with van der Waals surface area (Å²) in [6, 6.07) is 0.433. The Labute approximate surface area is 65.0 Å². The molecule has 0 spiro atoms. The van der Waals surface area contributed by atoms with E-state index in [0.717, 1.165) is 18.7 Å². The van der Waals surface area contributed by atoms with Gasteiger partial charge in [-0.2, -0.15) is 5.10 Å². The zero-order chi connectivity index (χ0) is 7.84. The van der Waals surface area contributed by atoms with Gasteiger partial charge < -0.3 is 5.32 Å². The van der Waals surface area contributed by atoms with Crippen molar-refractivity contribution in [2.24, 2.45) is 11.0 Å². The molecule has 2 rings (SSSR count). The van der Waals surface area contributed by atoms with Gasteiger partial charge in [-0.05, 0) is 13.3 Å². The Balaban J connectivity index is 2.15. The van der Waals surface area contributed by atoms with Gasteiger partial charge in [-0.1, -0.05) is 0 Å². The van der Waals surface area contributed by atoms with Crippen LogP contribution in [0.2, 0.25) is 0 Å². The summed E-state index contributed by atoms with van der Waals surface area (Å²) in [5.74, 6) is 0.111. The summed E-state index contributed by atoms with van der Waals surface area (Å²) in [6.45, 7) is 2.84. The Hall–Kier alpha value is -0.900. The lowest BCUT2D eigenvalue weighted by Gasteiger charge is -2.23. The molecule has 60 valence electrons. The minimum absolute atomic E-state index is 0.0475. The third-order valence-electron chi connectivity index (χ3n) is 2.25. The Morgan fingerprint density at radius 1 is 1.64 bits per heavy atom. The number of amides is 1. The Bertz CT molecular complexity index is 224. The molecule has 2 N–H and O–H groups in total. The van der Waals surface area contributed by atoms with Crippen LogP contribution in [0.25, 0.3) is 0 Å². The van der Waals surface area contributed by atoms with Crippen LogP contribution < -0.4 is 10.7 Å². The van der Waals surface area contributed by atoms with Crippen LogP contribution in [0.5, 0.6) is 0 Å². The topological polar surface area (TPSA) is 53.5 Å². The molecule has 1 fully saturated rings. The molecule has 2 heterocycles. The lowest BCUT2D eigenvalue weighted by Crippen LogP contribution is -2.43. The summed E-state index contributed by atoms with van der Waals surface area (Å²) in [7, 11) is 0. The fraction of sp³-hybridized carbons (Fsp3) is 0.714. The van der Waals surface area contributed by atoms with Gasteiger partial charge in [-0.15, -0.1) is 0 Å². The van der Waals surface area contributed by atoms with Gasteiger partial charge >= 0.3 is 0 Å². The molecule has 2 atom stereocenters. The largest absolute Gasteiger partial charge is 0.309 e. The van der Waals surface area contributed by atoms with Gasteiger partial charge in [0.05, 0.1) is 11.6 Å². The summed E-state index contributed by atoms with van der Waals surface area (Å²) in [6.07, 6.45) is 0.880. The molecule has 0 aromatic carbocycles. The number of hydrogen-bond acceptors (Lipinski definition) is 3. The normalized spacial score (nSPS) is 36.1. The first-order valence-corrected chi connectivity index (χ1v) is 3.87. The van der Waals surface area contributed by atoms with Crippen molar-refractivity contribution in [3.63, 3.8) is 0 Å². The van der Waals surface area contributed by atoms with Crippen molar-refractivity contribution >= 4 is 11.6 Å². The highest BCUT2D eigenvalue weighted by atomic mass is 16.2. The molecule has 0 aliphatic carbocycles. The van der Waals surface area contributed by atoms with Crippen molar-refractivity contribution < 1.29 is 4.79 Å². The molecule has 4 heteroatoms. The predicted molar refractivity (Wildman–Crippen MR) is 41.1 cm³/mol. The zero-order valence-electron chi connectivity index (χ0n) is 6.42. The maximum absolute atomic E-state index is 11.1. The SMILES string of the molecule is CC1CC2C(=O)NN=C2CN1. The first-order valence-electron chi connectivity index (χ1n) is 3.87. The summed E-state index contributed by atoms with van der Waals surface area (Å²) in [5.41, 5.74) is 3.46. The van der Waals surface area contributed by atoms with Gasteiger partial charge in [0, 0.05) is 12.6 Å². The van der Waals surface area contributed by atoms with Crippen molar-refractivity contribution in [1.29, 1.82) is 0 Å². The van der Waals surface area contributed by atoms with Gasteiger partial charge in [0.25, 0.3) is 0 Å². The molecular weight excluding hydrogens is 142 g/mol. The highest BCUT2D eigenvalue weighted by Gasteiger charge is 2.34. The molecule has 1 amide bonds. The fourth-order valence-corrected chi connectivity index (χ4v) is 1.56. The first-order chi connectivity index (χ1) is 5.27. The van der Waals surface area contributed by atoms with Gasteiger partial charge in [-0.25, -0.2) is 5.43 Å². The number of nitrogens with one attached hydrogen (secondary N) is 2. The third kappa shape index (κ3) is 1.03. The molecule has 2 aliphatic rings. The number of rotatable bonds is 0. The fourth-order valence-electron chi connectivity index (χ4n) is 1.56. The monoisotopic (exact) mass is 153 g/mol. The number of nitrogens with zero attached hydrogens (tertiary/aromatic N) is 1. The second-order valence-corrected chi connectivity index (χ2v) is 3.15. The van der Waals surface area contributed by atoms with E-state index in [2.05, 4.69) is 22.8 Å². The molecular formula is C7H11N3O. The molecule has 0 saturated carbocycles. The van der Waals surface area contributed by atoms with Gasteiger partial charge in [0.2, 0.25) is 5.91 Å². The Kier molecular flexibility index (Phi) is 1.42. The first kappa shape index (κ1) is 6.79. The maximum Gasteiger partial charge on any atom is 0.249 e. The Morgan fingerprint density at radius 3 is 3.27 bits per heavy atom. The van der Waals surface area contributed by atoms with Gasteiger partial charge in [0.15, 0.2) is 0 Å². The molecule has 4 nitrogen and oxygen atoms in total. The molecule has 0 radical (unpaired) electrons. The van der Waals surface area contributed by atoms with Gasteiger partial charge in [-0.3, -0.25) is 4.79 Å². The number of fused-ring (bicyclic) bond motifs is 1. The van der Waals surface area contributed by atoms with E-state index >= 15 is 0 Å². The van der Waals surface area contributed by atoms with Crippen molar-refractivity contribution in [3.05, 3.63) is 0 Å². The van der Waals surface area contributed by atoms with Crippen LogP contribution in [-0.4, -0.2) is 24.2 Å². The summed E-state index contributed by atoms with van der Waals surface area (Å²) >= 11 is 0. The molecule has 0 aromatic rings. The average Bonchev–Trinajstić information content (AvgIpc) is 2.33. The van der Waals surface area contributed by atoms with E-state index in [9.17, 15) is 4.79 Å². The zero-order valence-corrected chi connectivity index (χ0v) is 6.42. The van der Waals surface area contributed by atoms with Crippen LogP contribution >= 0.6 is 0 Å². The summed E-state index contributed by atoms with van der Waals surface area (Å²) in [5, 5.41) is 7.18. The second-order valence-electron chi connectivity index (χ2n) is 3.15. The van der Waals surface area contributed by atoms with Crippen LogP contribution in [0.15, 0.2) is 5.10 Å². The number of piperidine rings is 1. The predicted octanol–water partition coefficient (Wildman–Crippen LogP) is -0.530. The Morgan fingerprint density at radius 2 is 2.45 bits per heavy atom. The number of hydrogen-bond donors (Lipinski definition) is 2.